The van der Waals surface area contributed by atoms with Crippen molar-refractivity contribution in [3.8, 4) is 0 Å². The van der Waals surface area contributed by atoms with Crippen LogP contribution in [0.5, 0.6) is 0 Å². The number of carbonyl (C=O) groups is 3. The highest BCUT2D eigenvalue weighted by Crippen LogP contribution is 2.12. The zero-order chi connectivity index (χ0) is 45.8. The molecular formula is C57H88O6. The Morgan fingerprint density at radius 1 is 0.349 bits per heavy atom. The lowest BCUT2D eigenvalue weighted by Crippen LogP contribution is -2.30. The lowest BCUT2D eigenvalue weighted by molar-refractivity contribution is -0.167. The fourth-order valence-corrected chi connectivity index (χ4v) is 6.04. The summed E-state index contributed by atoms with van der Waals surface area (Å²) in [6.07, 6.45) is 70.0. The molecule has 0 bridgehead atoms. The van der Waals surface area contributed by atoms with Crippen LogP contribution in [-0.4, -0.2) is 37.2 Å². The Balaban J connectivity index is 4.53. The summed E-state index contributed by atoms with van der Waals surface area (Å²) in [5.41, 5.74) is 0. The van der Waals surface area contributed by atoms with Crippen molar-refractivity contribution in [2.24, 2.45) is 0 Å². The summed E-state index contributed by atoms with van der Waals surface area (Å²) >= 11 is 0. The molecule has 0 spiro atoms. The average Bonchev–Trinajstić information content (AvgIpc) is 3.28. The van der Waals surface area contributed by atoms with E-state index < -0.39 is 6.10 Å². The Morgan fingerprint density at radius 2 is 0.698 bits per heavy atom. The van der Waals surface area contributed by atoms with Crippen LogP contribution >= 0.6 is 0 Å². The van der Waals surface area contributed by atoms with Crippen molar-refractivity contribution in [1.29, 1.82) is 0 Å². The third-order valence-electron chi connectivity index (χ3n) is 9.74. The molecular weight excluding hydrogens is 781 g/mol. The third kappa shape index (κ3) is 48.4. The van der Waals surface area contributed by atoms with E-state index in [9.17, 15) is 14.4 Å². The van der Waals surface area contributed by atoms with Gasteiger partial charge in [0.25, 0.3) is 0 Å². The van der Waals surface area contributed by atoms with Crippen LogP contribution in [0.3, 0.4) is 0 Å². The van der Waals surface area contributed by atoms with E-state index in [0.717, 1.165) is 135 Å². The van der Waals surface area contributed by atoms with Crippen molar-refractivity contribution in [3.05, 3.63) is 134 Å². The zero-order valence-corrected chi connectivity index (χ0v) is 40.0. The molecule has 0 rings (SSSR count). The first kappa shape index (κ1) is 58.6. The minimum absolute atomic E-state index is 0.118. The van der Waals surface area contributed by atoms with Crippen LogP contribution in [0.4, 0.5) is 0 Å². The molecule has 0 saturated carbocycles. The highest BCUT2D eigenvalue weighted by Gasteiger charge is 2.19. The number of hydrogen-bond donors (Lipinski definition) is 0. The molecule has 0 aromatic rings. The molecule has 352 valence electrons. The van der Waals surface area contributed by atoms with Crippen LogP contribution in [0.15, 0.2) is 134 Å². The van der Waals surface area contributed by atoms with Crippen LogP contribution in [0.25, 0.3) is 0 Å². The van der Waals surface area contributed by atoms with Gasteiger partial charge in [0.05, 0.1) is 0 Å². The molecule has 0 amide bonds. The van der Waals surface area contributed by atoms with Gasteiger partial charge in [-0.05, 0) is 103 Å². The van der Waals surface area contributed by atoms with E-state index in [0.29, 0.717) is 12.8 Å². The number of rotatable bonds is 42. The molecule has 0 aliphatic rings. The molecule has 0 aromatic heterocycles. The second-order valence-electron chi connectivity index (χ2n) is 15.7. The largest absolute Gasteiger partial charge is 0.462 e. The molecule has 0 radical (unpaired) electrons. The van der Waals surface area contributed by atoms with Crippen LogP contribution < -0.4 is 0 Å². The van der Waals surface area contributed by atoms with E-state index in [1.54, 1.807) is 0 Å². The first-order chi connectivity index (χ1) is 31.0. The minimum Gasteiger partial charge on any atom is -0.462 e. The highest BCUT2D eigenvalue weighted by atomic mass is 16.6. The molecule has 1 unspecified atom stereocenters. The molecule has 0 heterocycles. The Labute approximate surface area is 385 Å². The summed E-state index contributed by atoms with van der Waals surface area (Å²) in [5.74, 6) is -1.01. The maximum Gasteiger partial charge on any atom is 0.306 e. The first-order valence-corrected chi connectivity index (χ1v) is 24.8. The van der Waals surface area contributed by atoms with Gasteiger partial charge in [-0.25, -0.2) is 0 Å². The van der Waals surface area contributed by atoms with Gasteiger partial charge in [-0.2, -0.15) is 0 Å². The molecule has 63 heavy (non-hydrogen) atoms. The van der Waals surface area contributed by atoms with E-state index in [1.807, 2.05) is 24.3 Å². The van der Waals surface area contributed by atoms with E-state index in [2.05, 4.69) is 130 Å². The van der Waals surface area contributed by atoms with Crippen molar-refractivity contribution in [2.75, 3.05) is 13.2 Å². The van der Waals surface area contributed by atoms with Crippen molar-refractivity contribution in [2.45, 2.75) is 194 Å². The predicted molar refractivity (Wildman–Crippen MR) is 269 cm³/mol. The summed E-state index contributed by atoms with van der Waals surface area (Å²) in [6, 6.07) is 0. The van der Waals surface area contributed by atoms with Gasteiger partial charge >= 0.3 is 17.9 Å². The molecule has 6 nitrogen and oxygen atoms in total. The molecule has 0 N–H and O–H groups in total. The van der Waals surface area contributed by atoms with Crippen LogP contribution in [0.1, 0.15) is 188 Å². The van der Waals surface area contributed by atoms with E-state index in [1.165, 1.54) is 12.8 Å². The van der Waals surface area contributed by atoms with Gasteiger partial charge in [0, 0.05) is 19.3 Å². The van der Waals surface area contributed by atoms with Gasteiger partial charge in [0.15, 0.2) is 6.10 Å². The van der Waals surface area contributed by atoms with Gasteiger partial charge in [-0.1, -0.05) is 199 Å². The van der Waals surface area contributed by atoms with Crippen molar-refractivity contribution < 1.29 is 28.6 Å². The molecule has 1 atom stereocenters. The summed E-state index contributed by atoms with van der Waals surface area (Å²) < 4.78 is 16.7. The zero-order valence-electron chi connectivity index (χ0n) is 40.0. The monoisotopic (exact) mass is 869 g/mol. The van der Waals surface area contributed by atoms with Crippen molar-refractivity contribution in [1.82, 2.24) is 0 Å². The Hall–Kier alpha value is -4.45. The van der Waals surface area contributed by atoms with E-state index >= 15 is 0 Å². The topological polar surface area (TPSA) is 78.9 Å². The maximum absolute atomic E-state index is 12.8. The van der Waals surface area contributed by atoms with E-state index in [-0.39, 0.29) is 37.5 Å². The van der Waals surface area contributed by atoms with Gasteiger partial charge in [-0.15, -0.1) is 0 Å². The standard InChI is InChI=1S/C57H88O6/c1-4-7-10-13-16-19-22-24-26-27-28-29-31-32-35-38-41-44-47-50-56(59)62-53-54(52-61-55(58)49-46-43-40-37-34-21-18-15-12-9-6-3)63-57(60)51-48-45-42-39-36-33-30-25-23-20-17-14-11-8-5-2/h7-8,10-11,14-21,23-26,28-30,32,34-35,54H,4-6,9,12-13,22,27,31,33,36-53H2,1-3H3/b10-7-,11-8-,17-14-,18-15-,19-16-,23-20-,26-24-,29-28-,30-25-,34-21-,35-32-. The highest BCUT2D eigenvalue weighted by molar-refractivity contribution is 5.71. The normalized spacial score (nSPS) is 13.3. The van der Waals surface area contributed by atoms with Crippen molar-refractivity contribution in [3.63, 3.8) is 0 Å². The van der Waals surface area contributed by atoms with Gasteiger partial charge in [0.2, 0.25) is 0 Å². The number of carbonyl (C=O) groups excluding carboxylic acids is 3. The second kappa shape index (κ2) is 50.2. The fraction of sp³-hybridized carbons (Fsp3) is 0.561. The number of esters is 3. The molecule has 0 saturated heterocycles. The minimum atomic E-state index is -0.819. The summed E-state index contributed by atoms with van der Waals surface area (Å²) in [7, 11) is 0. The average molecular weight is 869 g/mol. The second-order valence-corrected chi connectivity index (χ2v) is 15.7. The van der Waals surface area contributed by atoms with Gasteiger partial charge in [0.1, 0.15) is 13.2 Å². The Bertz CT molecular complexity index is 1420. The molecule has 0 fully saturated rings. The fourth-order valence-electron chi connectivity index (χ4n) is 6.04. The smallest absolute Gasteiger partial charge is 0.306 e. The summed E-state index contributed by atoms with van der Waals surface area (Å²) in [4.78, 5) is 37.9. The SMILES string of the molecule is CC\C=C/C=C\C=C/C=C\CCCCCCCC(=O)OC(COC(=O)CCCCC/C=C\C=C/CCCC)COC(=O)CCCCC/C=C\C/C=C\C/C=C\C/C=C\C/C=C\CC. The summed E-state index contributed by atoms with van der Waals surface area (Å²) in [6.45, 7) is 6.23. The van der Waals surface area contributed by atoms with Crippen LogP contribution in [0.2, 0.25) is 0 Å². The third-order valence-corrected chi connectivity index (χ3v) is 9.74. The summed E-state index contributed by atoms with van der Waals surface area (Å²) in [5, 5.41) is 0. The number of allylic oxidation sites excluding steroid dienone is 22. The van der Waals surface area contributed by atoms with E-state index in [4.69, 9.17) is 14.2 Å². The predicted octanol–water partition coefficient (Wildman–Crippen LogP) is 16.3. The van der Waals surface area contributed by atoms with Gasteiger partial charge in [-0.3, -0.25) is 14.4 Å². The lowest BCUT2D eigenvalue weighted by Gasteiger charge is -2.18. The number of hydrogen-bond acceptors (Lipinski definition) is 6. The Morgan fingerprint density at radius 3 is 1.19 bits per heavy atom. The van der Waals surface area contributed by atoms with Crippen LogP contribution in [0, 0.1) is 0 Å². The van der Waals surface area contributed by atoms with Gasteiger partial charge < -0.3 is 14.2 Å². The number of ether oxygens (including phenoxy) is 3. The molecule has 0 aliphatic carbocycles. The molecule has 0 aliphatic heterocycles. The molecule has 6 heteroatoms. The Kier molecular flexibility index (Phi) is 46.7. The molecule has 0 aromatic carbocycles. The number of unbranched alkanes of at least 4 members (excludes halogenated alkanes) is 13. The maximum atomic E-state index is 12.8. The van der Waals surface area contributed by atoms with Crippen molar-refractivity contribution >= 4 is 17.9 Å². The first-order valence-electron chi connectivity index (χ1n) is 24.8. The quantitative estimate of drug-likeness (QED) is 0.0200. The van der Waals surface area contributed by atoms with Crippen LogP contribution in [-0.2, 0) is 28.6 Å². The lowest BCUT2D eigenvalue weighted by atomic mass is 10.1.